The molecule has 3 nitrogen and oxygen atoms in total. The van der Waals surface area contributed by atoms with Gasteiger partial charge in [-0.2, -0.15) is 0 Å². The molecule has 1 aromatic rings. The fourth-order valence-electron chi connectivity index (χ4n) is 1.61. The average molecular weight is 190 g/mol. The van der Waals surface area contributed by atoms with Crippen molar-refractivity contribution in [1.29, 1.82) is 0 Å². The third-order valence-electron chi connectivity index (χ3n) is 2.52. The van der Waals surface area contributed by atoms with E-state index in [1.807, 2.05) is 6.20 Å². The maximum Gasteiger partial charge on any atom is 0.224 e. The highest BCUT2D eigenvalue weighted by Crippen LogP contribution is 2.18. The van der Waals surface area contributed by atoms with Crippen molar-refractivity contribution in [3.8, 4) is 0 Å². The number of hydrogen-bond donors (Lipinski definition) is 1. The molecule has 0 unspecified atom stereocenters. The van der Waals surface area contributed by atoms with E-state index in [1.165, 1.54) is 0 Å². The highest BCUT2D eigenvalue weighted by atomic mass is 16.1. The molecule has 2 rings (SSSR count). The van der Waals surface area contributed by atoms with E-state index in [-0.39, 0.29) is 5.91 Å². The lowest BCUT2D eigenvalue weighted by Crippen LogP contribution is -2.30. The molecule has 0 atom stereocenters. The lowest BCUT2D eigenvalue weighted by Gasteiger charge is -2.17. The average Bonchev–Trinajstić information content (AvgIpc) is 2.16. The van der Waals surface area contributed by atoms with Gasteiger partial charge in [-0.3, -0.25) is 9.78 Å². The van der Waals surface area contributed by atoms with Gasteiger partial charge >= 0.3 is 0 Å². The smallest absolute Gasteiger partial charge is 0.224 e. The molecule has 1 aliphatic rings. The van der Waals surface area contributed by atoms with Gasteiger partial charge in [-0.1, -0.05) is 13.8 Å². The second-order valence-corrected chi connectivity index (χ2v) is 3.99. The highest BCUT2D eigenvalue weighted by Gasteiger charge is 2.15. The minimum atomic E-state index is 0.110. The van der Waals surface area contributed by atoms with Crippen LogP contribution in [0.5, 0.6) is 0 Å². The van der Waals surface area contributed by atoms with Gasteiger partial charge in [-0.25, -0.2) is 0 Å². The van der Waals surface area contributed by atoms with E-state index in [9.17, 15) is 4.79 Å². The van der Waals surface area contributed by atoms with Crippen LogP contribution in [0.1, 0.15) is 36.6 Å². The Labute approximate surface area is 83.5 Å². The Balaban J connectivity index is 2.37. The molecule has 0 fully saturated rings. The van der Waals surface area contributed by atoms with Crippen molar-refractivity contribution in [2.24, 2.45) is 0 Å². The first-order chi connectivity index (χ1) is 6.66. The topological polar surface area (TPSA) is 42.0 Å². The van der Waals surface area contributed by atoms with Crippen molar-refractivity contribution in [2.75, 3.05) is 0 Å². The van der Waals surface area contributed by atoms with Gasteiger partial charge < -0.3 is 5.32 Å². The van der Waals surface area contributed by atoms with Crippen LogP contribution in [0.15, 0.2) is 12.3 Å². The Morgan fingerprint density at radius 2 is 2.21 bits per heavy atom. The first kappa shape index (κ1) is 9.19. The minimum absolute atomic E-state index is 0.110. The number of hydrogen-bond acceptors (Lipinski definition) is 2. The van der Waals surface area contributed by atoms with Gasteiger partial charge in [0.2, 0.25) is 5.91 Å². The van der Waals surface area contributed by atoms with Gasteiger partial charge in [0, 0.05) is 18.4 Å². The van der Waals surface area contributed by atoms with E-state index >= 15 is 0 Å². The molecule has 3 heteroatoms. The van der Waals surface area contributed by atoms with Gasteiger partial charge in [0.1, 0.15) is 0 Å². The summed E-state index contributed by atoms with van der Waals surface area (Å²) >= 11 is 0. The summed E-state index contributed by atoms with van der Waals surface area (Å²) in [6, 6.07) is 2.05. The molecule has 0 aliphatic carbocycles. The molecule has 0 bridgehead atoms. The number of carbonyl (C=O) groups is 1. The van der Waals surface area contributed by atoms with Crippen LogP contribution in [-0.4, -0.2) is 10.9 Å². The van der Waals surface area contributed by atoms with Crippen LogP contribution in [0.4, 0.5) is 0 Å². The number of pyridine rings is 1. The third kappa shape index (κ3) is 1.62. The van der Waals surface area contributed by atoms with E-state index in [0.29, 0.717) is 18.9 Å². The Morgan fingerprint density at radius 3 is 2.93 bits per heavy atom. The second kappa shape index (κ2) is 3.40. The molecule has 0 spiro atoms. The van der Waals surface area contributed by atoms with Crippen LogP contribution in [0, 0.1) is 0 Å². The molecule has 1 amide bonds. The quantitative estimate of drug-likeness (QED) is 0.726. The van der Waals surface area contributed by atoms with Crippen LogP contribution in [0.3, 0.4) is 0 Å². The molecule has 0 saturated carbocycles. The summed E-state index contributed by atoms with van der Waals surface area (Å²) < 4.78 is 0. The number of amides is 1. The second-order valence-electron chi connectivity index (χ2n) is 3.99. The van der Waals surface area contributed by atoms with Gasteiger partial charge in [0.25, 0.3) is 0 Å². The molecule has 0 saturated heterocycles. The number of carbonyl (C=O) groups excluding carboxylic acids is 1. The van der Waals surface area contributed by atoms with Crippen molar-refractivity contribution in [3.63, 3.8) is 0 Å². The molecular formula is C11H14N2O. The minimum Gasteiger partial charge on any atom is -0.352 e. The van der Waals surface area contributed by atoms with Crippen LogP contribution >= 0.6 is 0 Å². The summed E-state index contributed by atoms with van der Waals surface area (Å²) in [7, 11) is 0. The van der Waals surface area contributed by atoms with Gasteiger partial charge in [0.15, 0.2) is 0 Å². The van der Waals surface area contributed by atoms with Crippen molar-refractivity contribution in [1.82, 2.24) is 10.3 Å². The maximum atomic E-state index is 11.2. The molecule has 0 aromatic carbocycles. The number of nitrogens with zero attached hydrogens (tertiary/aromatic N) is 1. The summed E-state index contributed by atoms with van der Waals surface area (Å²) in [5.74, 6) is 0.531. The molecule has 0 radical (unpaired) electrons. The highest BCUT2D eigenvalue weighted by molar-refractivity contribution is 5.80. The van der Waals surface area contributed by atoms with Gasteiger partial charge in [0.05, 0.1) is 6.42 Å². The fraction of sp³-hybridized carbons (Fsp3) is 0.455. The van der Waals surface area contributed by atoms with Crippen molar-refractivity contribution in [3.05, 3.63) is 29.1 Å². The summed E-state index contributed by atoms with van der Waals surface area (Å²) in [6.07, 6.45) is 2.38. The number of rotatable bonds is 1. The molecule has 1 aromatic heterocycles. The molecular weight excluding hydrogens is 176 g/mol. The SMILES string of the molecule is CC(C)c1cc2c(cn1)CNC(=O)C2. The van der Waals surface area contributed by atoms with Gasteiger partial charge in [-0.05, 0) is 23.1 Å². The predicted octanol–water partition coefficient (Wildman–Crippen LogP) is 1.38. The summed E-state index contributed by atoms with van der Waals surface area (Å²) in [5.41, 5.74) is 3.35. The van der Waals surface area contributed by atoms with Crippen LogP contribution in [0.2, 0.25) is 0 Å². The van der Waals surface area contributed by atoms with E-state index in [1.54, 1.807) is 0 Å². The van der Waals surface area contributed by atoms with Crippen LogP contribution in [0.25, 0.3) is 0 Å². The molecule has 2 heterocycles. The zero-order valence-electron chi connectivity index (χ0n) is 8.50. The standard InChI is InChI=1S/C11H14N2O/c1-7(2)10-3-8-4-11(14)13-6-9(8)5-12-10/h3,5,7H,4,6H2,1-2H3,(H,13,14). The summed E-state index contributed by atoms with van der Waals surface area (Å²) in [6.45, 7) is 4.84. The largest absolute Gasteiger partial charge is 0.352 e. The van der Waals surface area contributed by atoms with E-state index in [2.05, 4.69) is 30.2 Å². The van der Waals surface area contributed by atoms with E-state index in [0.717, 1.165) is 16.8 Å². The fourth-order valence-corrected chi connectivity index (χ4v) is 1.61. The first-order valence-corrected chi connectivity index (χ1v) is 4.91. The normalized spacial score (nSPS) is 15.2. The number of nitrogens with one attached hydrogen (secondary N) is 1. The van der Waals surface area contributed by atoms with Crippen molar-refractivity contribution < 1.29 is 4.79 Å². The van der Waals surface area contributed by atoms with Crippen LogP contribution < -0.4 is 5.32 Å². The zero-order chi connectivity index (χ0) is 10.1. The Morgan fingerprint density at radius 1 is 1.43 bits per heavy atom. The monoisotopic (exact) mass is 190 g/mol. The van der Waals surface area contributed by atoms with Crippen LogP contribution in [-0.2, 0) is 17.8 Å². The lowest BCUT2D eigenvalue weighted by atomic mass is 9.99. The third-order valence-corrected chi connectivity index (χ3v) is 2.52. The van der Waals surface area contributed by atoms with Gasteiger partial charge in [-0.15, -0.1) is 0 Å². The summed E-state index contributed by atoms with van der Waals surface area (Å²) in [5, 5.41) is 2.81. The number of aromatic nitrogens is 1. The van der Waals surface area contributed by atoms with E-state index < -0.39 is 0 Å². The van der Waals surface area contributed by atoms with Crippen molar-refractivity contribution >= 4 is 5.91 Å². The predicted molar refractivity (Wildman–Crippen MR) is 53.9 cm³/mol. The first-order valence-electron chi connectivity index (χ1n) is 4.91. The van der Waals surface area contributed by atoms with Crippen molar-refractivity contribution in [2.45, 2.75) is 32.7 Å². The Kier molecular flexibility index (Phi) is 2.23. The Bertz CT molecular complexity index is 372. The maximum absolute atomic E-state index is 11.2. The molecule has 74 valence electrons. The zero-order valence-corrected chi connectivity index (χ0v) is 8.50. The Hall–Kier alpha value is -1.38. The molecule has 1 N–H and O–H groups in total. The summed E-state index contributed by atoms with van der Waals surface area (Å²) in [4.78, 5) is 15.5. The number of fused-ring (bicyclic) bond motifs is 1. The van der Waals surface area contributed by atoms with E-state index in [4.69, 9.17) is 0 Å². The lowest BCUT2D eigenvalue weighted by molar-refractivity contribution is -0.121. The molecule has 1 aliphatic heterocycles. The molecule has 14 heavy (non-hydrogen) atoms.